The summed E-state index contributed by atoms with van der Waals surface area (Å²) in [6.45, 7) is 3.00. The van der Waals surface area contributed by atoms with Crippen LogP contribution in [0.15, 0.2) is 12.1 Å². The predicted molar refractivity (Wildman–Crippen MR) is 71.3 cm³/mol. The van der Waals surface area contributed by atoms with Crippen molar-refractivity contribution in [1.82, 2.24) is 10.3 Å². The summed E-state index contributed by atoms with van der Waals surface area (Å²) < 4.78 is 5.35. The second-order valence-electron chi connectivity index (χ2n) is 4.45. The topological polar surface area (TPSA) is 67.6 Å². The lowest BCUT2D eigenvalue weighted by Gasteiger charge is -2.30. The highest BCUT2D eigenvalue weighted by molar-refractivity contribution is 7.14. The fraction of sp³-hybridized carbons (Fsp3) is 0.583. The van der Waals surface area contributed by atoms with Crippen molar-refractivity contribution in [2.45, 2.75) is 25.5 Å². The first-order valence-electron chi connectivity index (χ1n) is 6.07. The molecule has 0 bridgehead atoms. The number of nitrogens with two attached hydrogens (primary N) is 1. The summed E-state index contributed by atoms with van der Waals surface area (Å²) in [5.41, 5.74) is 2.15. The van der Waals surface area contributed by atoms with Crippen LogP contribution < -0.4 is 11.3 Å². The lowest BCUT2D eigenvalue weighted by Crippen LogP contribution is -2.35. The highest BCUT2D eigenvalue weighted by Gasteiger charge is 2.19. The van der Waals surface area contributed by atoms with E-state index in [1.807, 2.05) is 12.1 Å². The first-order chi connectivity index (χ1) is 8.72. The van der Waals surface area contributed by atoms with E-state index < -0.39 is 0 Å². The molecule has 100 valence electrons. The van der Waals surface area contributed by atoms with Crippen molar-refractivity contribution >= 4 is 17.2 Å². The lowest BCUT2D eigenvalue weighted by atomic mass is 10.1. The van der Waals surface area contributed by atoms with Gasteiger partial charge in [0.2, 0.25) is 0 Å². The van der Waals surface area contributed by atoms with E-state index in [9.17, 15) is 4.79 Å². The SMILES string of the molecule is COC1CCN(Cc2ccc(C(=O)NN)s2)CC1. The number of nitrogen functional groups attached to an aromatic ring is 1. The third kappa shape index (κ3) is 3.29. The van der Waals surface area contributed by atoms with Crippen LogP contribution in [0.2, 0.25) is 0 Å². The van der Waals surface area contributed by atoms with Gasteiger partial charge < -0.3 is 4.74 Å². The number of hydrogen-bond acceptors (Lipinski definition) is 5. The zero-order chi connectivity index (χ0) is 13.0. The monoisotopic (exact) mass is 269 g/mol. The van der Waals surface area contributed by atoms with Crippen LogP contribution in [0.5, 0.6) is 0 Å². The van der Waals surface area contributed by atoms with Gasteiger partial charge in [-0.2, -0.15) is 0 Å². The number of carbonyl (C=O) groups is 1. The number of rotatable bonds is 4. The van der Waals surface area contributed by atoms with Gasteiger partial charge in [0.05, 0.1) is 11.0 Å². The summed E-state index contributed by atoms with van der Waals surface area (Å²) in [7, 11) is 1.78. The Balaban J connectivity index is 1.86. The molecule has 1 amide bonds. The Labute approximate surface area is 111 Å². The summed E-state index contributed by atoms with van der Waals surface area (Å²) in [5.74, 6) is 4.89. The molecule has 0 aliphatic carbocycles. The number of thiophene rings is 1. The van der Waals surface area contributed by atoms with Gasteiger partial charge >= 0.3 is 0 Å². The third-order valence-electron chi connectivity index (χ3n) is 3.26. The molecule has 0 atom stereocenters. The molecule has 2 heterocycles. The van der Waals surface area contributed by atoms with Crippen molar-refractivity contribution in [2.24, 2.45) is 5.84 Å². The van der Waals surface area contributed by atoms with E-state index in [1.165, 1.54) is 16.2 Å². The van der Waals surface area contributed by atoms with Crippen LogP contribution in [0.4, 0.5) is 0 Å². The van der Waals surface area contributed by atoms with Crippen molar-refractivity contribution in [1.29, 1.82) is 0 Å². The largest absolute Gasteiger partial charge is 0.381 e. The van der Waals surface area contributed by atoms with Crippen LogP contribution in [-0.4, -0.2) is 37.1 Å². The van der Waals surface area contributed by atoms with Gasteiger partial charge in [-0.3, -0.25) is 15.1 Å². The van der Waals surface area contributed by atoms with E-state index in [2.05, 4.69) is 10.3 Å². The zero-order valence-corrected chi connectivity index (χ0v) is 11.3. The Morgan fingerprint density at radius 2 is 2.28 bits per heavy atom. The Hall–Kier alpha value is -0.950. The molecule has 0 aromatic carbocycles. The number of nitrogens with zero attached hydrogens (tertiary/aromatic N) is 1. The van der Waals surface area contributed by atoms with Crippen molar-refractivity contribution in [2.75, 3.05) is 20.2 Å². The van der Waals surface area contributed by atoms with Crippen LogP contribution in [-0.2, 0) is 11.3 Å². The fourth-order valence-corrected chi connectivity index (χ4v) is 3.13. The first-order valence-corrected chi connectivity index (χ1v) is 6.89. The maximum absolute atomic E-state index is 11.3. The smallest absolute Gasteiger partial charge is 0.275 e. The Kier molecular flexibility index (Phi) is 4.71. The molecule has 1 aliphatic rings. The van der Waals surface area contributed by atoms with Crippen LogP contribution >= 0.6 is 11.3 Å². The number of amides is 1. The van der Waals surface area contributed by atoms with Gasteiger partial charge in [0.25, 0.3) is 5.91 Å². The highest BCUT2D eigenvalue weighted by atomic mass is 32.1. The number of hydrogen-bond donors (Lipinski definition) is 2. The maximum Gasteiger partial charge on any atom is 0.275 e. The summed E-state index contributed by atoms with van der Waals surface area (Å²) in [6, 6.07) is 3.82. The number of carbonyl (C=O) groups excluding carboxylic acids is 1. The molecule has 1 saturated heterocycles. The molecule has 1 fully saturated rings. The number of piperidine rings is 1. The minimum atomic E-state index is -0.218. The molecule has 2 rings (SSSR count). The van der Waals surface area contributed by atoms with Gasteiger partial charge in [-0.25, -0.2) is 5.84 Å². The quantitative estimate of drug-likeness (QED) is 0.485. The second kappa shape index (κ2) is 6.29. The summed E-state index contributed by atoms with van der Waals surface area (Å²) in [6.07, 6.45) is 2.57. The second-order valence-corrected chi connectivity index (χ2v) is 5.62. The molecule has 5 nitrogen and oxygen atoms in total. The number of methoxy groups -OCH3 is 1. The summed E-state index contributed by atoms with van der Waals surface area (Å²) >= 11 is 1.50. The molecule has 0 saturated carbocycles. The number of hydrazine groups is 1. The van der Waals surface area contributed by atoms with E-state index in [4.69, 9.17) is 10.6 Å². The standard InChI is InChI=1S/C12H19N3O2S/c1-17-9-4-6-15(7-5-9)8-10-2-3-11(18-10)12(16)14-13/h2-3,9H,4-8,13H2,1H3,(H,14,16). The molecule has 1 aromatic heterocycles. The molecule has 18 heavy (non-hydrogen) atoms. The van der Waals surface area contributed by atoms with Gasteiger partial charge in [0.15, 0.2) is 0 Å². The van der Waals surface area contributed by atoms with E-state index in [1.54, 1.807) is 7.11 Å². The van der Waals surface area contributed by atoms with E-state index in [-0.39, 0.29) is 5.91 Å². The molecule has 1 aliphatic heterocycles. The average Bonchev–Trinajstić information content (AvgIpc) is 2.87. The maximum atomic E-state index is 11.3. The van der Waals surface area contributed by atoms with Crippen LogP contribution in [0, 0.1) is 0 Å². The Morgan fingerprint density at radius 3 is 2.89 bits per heavy atom. The number of likely N-dealkylation sites (tertiary alicyclic amines) is 1. The highest BCUT2D eigenvalue weighted by Crippen LogP contribution is 2.21. The van der Waals surface area contributed by atoms with Crippen molar-refractivity contribution in [3.05, 3.63) is 21.9 Å². The van der Waals surface area contributed by atoms with Crippen molar-refractivity contribution < 1.29 is 9.53 Å². The fourth-order valence-electron chi connectivity index (χ4n) is 2.18. The van der Waals surface area contributed by atoms with Gasteiger partial charge in [-0.05, 0) is 25.0 Å². The Morgan fingerprint density at radius 1 is 1.56 bits per heavy atom. The first kappa shape index (κ1) is 13.5. The molecule has 0 radical (unpaired) electrons. The third-order valence-corrected chi connectivity index (χ3v) is 4.33. The Bertz CT molecular complexity index is 400. The number of ether oxygens (including phenoxy) is 1. The van der Waals surface area contributed by atoms with E-state index in [0.717, 1.165) is 32.5 Å². The van der Waals surface area contributed by atoms with Crippen molar-refractivity contribution in [3.63, 3.8) is 0 Å². The summed E-state index contributed by atoms with van der Waals surface area (Å²) in [4.78, 5) is 15.6. The minimum Gasteiger partial charge on any atom is -0.381 e. The molecular formula is C12H19N3O2S. The minimum absolute atomic E-state index is 0.218. The summed E-state index contributed by atoms with van der Waals surface area (Å²) in [5, 5.41) is 0. The average molecular weight is 269 g/mol. The van der Waals surface area contributed by atoms with Crippen LogP contribution in [0.3, 0.4) is 0 Å². The zero-order valence-electron chi connectivity index (χ0n) is 10.5. The van der Waals surface area contributed by atoms with Crippen molar-refractivity contribution in [3.8, 4) is 0 Å². The molecule has 1 aromatic rings. The van der Waals surface area contributed by atoms with E-state index in [0.29, 0.717) is 11.0 Å². The van der Waals surface area contributed by atoms with Gasteiger partial charge in [0.1, 0.15) is 0 Å². The van der Waals surface area contributed by atoms with Crippen LogP contribution in [0.25, 0.3) is 0 Å². The van der Waals surface area contributed by atoms with Gasteiger partial charge in [-0.1, -0.05) is 0 Å². The number of nitrogens with one attached hydrogen (secondary N) is 1. The predicted octanol–water partition coefficient (Wildman–Crippen LogP) is 0.962. The van der Waals surface area contributed by atoms with E-state index >= 15 is 0 Å². The lowest BCUT2D eigenvalue weighted by molar-refractivity contribution is 0.0391. The molecule has 0 unspecified atom stereocenters. The molecular weight excluding hydrogens is 250 g/mol. The molecule has 0 spiro atoms. The normalized spacial score (nSPS) is 17.9. The van der Waals surface area contributed by atoms with Gasteiger partial charge in [0, 0.05) is 31.6 Å². The molecule has 6 heteroatoms. The molecule has 3 N–H and O–H groups in total. The van der Waals surface area contributed by atoms with Crippen LogP contribution in [0.1, 0.15) is 27.4 Å². The van der Waals surface area contributed by atoms with Gasteiger partial charge in [-0.15, -0.1) is 11.3 Å².